The molecule has 2 rings (SSSR count). The van der Waals surface area contributed by atoms with Gasteiger partial charge in [0.2, 0.25) is 5.91 Å². The summed E-state index contributed by atoms with van der Waals surface area (Å²) in [5.74, 6) is -1.16. The maximum atomic E-state index is 12.4. The number of carbonyl (C=O) groups is 3. The average molecular weight is 385 g/mol. The Bertz CT molecular complexity index is 874. The highest BCUT2D eigenvalue weighted by Crippen LogP contribution is 2.23. The lowest BCUT2D eigenvalue weighted by Gasteiger charge is -2.19. The molecule has 0 atom stereocenters. The van der Waals surface area contributed by atoms with E-state index in [1.54, 1.807) is 57.2 Å². The number of hydrogen-bond acceptors (Lipinski definition) is 5. The lowest BCUT2D eigenvalue weighted by atomic mass is 10.1. The van der Waals surface area contributed by atoms with E-state index in [2.05, 4.69) is 16.0 Å². The molecule has 0 saturated carbocycles. The first-order valence-corrected chi connectivity index (χ1v) is 8.61. The molecule has 0 radical (unpaired) electrons. The van der Waals surface area contributed by atoms with E-state index < -0.39 is 23.5 Å². The van der Waals surface area contributed by atoms with E-state index in [9.17, 15) is 19.5 Å². The Morgan fingerprint density at radius 1 is 0.929 bits per heavy atom. The van der Waals surface area contributed by atoms with Crippen molar-refractivity contribution in [2.45, 2.75) is 26.4 Å². The van der Waals surface area contributed by atoms with Crippen LogP contribution in [0.3, 0.4) is 0 Å². The van der Waals surface area contributed by atoms with Crippen LogP contribution in [0.15, 0.2) is 48.5 Å². The van der Waals surface area contributed by atoms with E-state index in [1.165, 1.54) is 12.1 Å². The average Bonchev–Trinajstić information content (AvgIpc) is 2.60. The summed E-state index contributed by atoms with van der Waals surface area (Å²) >= 11 is 0. The number of amides is 3. The van der Waals surface area contributed by atoms with Gasteiger partial charge in [-0.05, 0) is 45.0 Å². The van der Waals surface area contributed by atoms with Gasteiger partial charge in [0.05, 0.1) is 16.9 Å². The first kappa shape index (κ1) is 20.8. The second-order valence-corrected chi connectivity index (χ2v) is 6.92. The van der Waals surface area contributed by atoms with Crippen LogP contribution in [0.4, 0.5) is 16.2 Å². The number of benzene rings is 2. The lowest BCUT2D eigenvalue weighted by Crippen LogP contribution is -2.37. The molecule has 2 aromatic rings. The molecule has 0 aromatic heterocycles. The molecule has 0 bridgehead atoms. The number of phenols is 1. The van der Waals surface area contributed by atoms with Gasteiger partial charge in [-0.1, -0.05) is 24.3 Å². The molecular formula is C20H23N3O5. The maximum Gasteiger partial charge on any atom is 0.408 e. The van der Waals surface area contributed by atoms with Gasteiger partial charge in [-0.2, -0.15) is 0 Å². The topological polar surface area (TPSA) is 117 Å². The zero-order chi connectivity index (χ0) is 20.7. The van der Waals surface area contributed by atoms with Crippen LogP contribution in [-0.2, 0) is 9.53 Å². The predicted molar refractivity (Wildman–Crippen MR) is 105 cm³/mol. The summed E-state index contributed by atoms with van der Waals surface area (Å²) in [6, 6.07) is 12.7. The normalized spacial score (nSPS) is 10.7. The Morgan fingerprint density at radius 3 is 2.11 bits per heavy atom. The molecule has 4 N–H and O–H groups in total. The van der Waals surface area contributed by atoms with Crippen LogP contribution in [-0.4, -0.2) is 35.2 Å². The molecule has 3 amide bonds. The molecule has 0 heterocycles. The SMILES string of the molecule is CC(C)(C)OC(=O)NCC(=O)Nc1ccccc1NC(=O)c1ccccc1O. The van der Waals surface area contributed by atoms with E-state index in [4.69, 9.17) is 4.74 Å². The fourth-order valence-electron chi connectivity index (χ4n) is 2.22. The zero-order valence-corrected chi connectivity index (χ0v) is 15.9. The fourth-order valence-corrected chi connectivity index (χ4v) is 2.22. The number of para-hydroxylation sites is 3. The van der Waals surface area contributed by atoms with Crippen molar-refractivity contribution < 1.29 is 24.2 Å². The van der Waals surface area contributed by atoms with Crippen molar-refractivity contribution in [1.29, 1.82) is 0 Å². The Kier molecular flexibility index (Phi) is 6.59. The number of aromatic hydroxyl groups is 1. The van der Waals surface area contributed by atoms with Crippen LogP contribution in [0.1, 0.15) is 31.1 Å². The van der Waals surface area contributed by atoms with Crippen LogP contribution in [0.5, 0.6) is 5.75 Å². The Labute approximate surface area is 162 Å². The van der Waals surface area contributed by atoms with Crippen molar-refractivity contribution in [3.63, 3.8) is 0 Å². The van der Waals surface area contributed by atoms with Crippen LogP contribution in [0.25, 0.3) is 0 Å². The number of alkyl carbamates (subject to hydrolysis) is 1. The minimum atomic E-state index is -0.705. The summed E-state index contributed by atoms with van der Waals surface area (Å²) in [5, 5.41) is 17.4. The van der Waals surface area contributed by atoms with E-state index in [0.29, 0.717) is 11.4 Å². The van der Waals surface area contributed by atoms with Crippen molar-refractivity contribution in [2.24, 2.45) is 0 Å². The second-order valence-electron chi connectivity index (χ2n) is 6.92. The quantitative estimate of drug-likeness (QED) is 0.631. The van der Waals surface area contributed by atoms with Crippen molar-refractivity contribution in [1.82, 2.24) is 5.32 Å². The predicted octanol–water partition coefficient (Wildman–Crippen LogP) is 3.11. The molecule has 0 spiro atoms. The van der Waals surface area contributed by atoms with Crippen LogP contribution >= 0.6 is 0 Å². The van der Waals surface area contributed by atoms with Gasteiger partial charge in [-0.15, -0.1) is 0 Å². The molecule has 148 valence electrons. The van der Waals surface area contributed by atoms with Gasteiger partial charge >= 0.3 is 6.09 Å². The molecule has 0 fully saturated rings. The Balaban J connectivity index is 2.00. The number of nitrogens with one attached hydrogen (secondary N) is 3. The van der Waals surface area contributed by atoms with E-state index in [-0.39, 0.29) is 17.9 Å². The highest BCUT2D eigenvalue weighted by molar-refractivity contribution is 6.08. The van der Waals surface area contributed by atoms with E-state index in [0.717, 1.165) is 0 Å². The number of phenolic OH excluding ortho intramolecular Hbond substituents is 1. The standard InChI is InChI=1S/C20H23N3O5/c1-20(2,3)28-19(27)21-12-17(25)22-14-9-5-6-10-15(14)23-18(26)13-8-4-7-11-16(13)24/h4-11,24H,12H2,1-3H3,(H,21,27)(H,22,25)(H,23,26). The summed E-state index contributed by atoms with van der Waals surface area (Å²) < 4.78 is 5.06. The summed E-state index contributed by atoms with van der Waals surface area (Å²) in [5.41, 5.74) is 0.138. The number of hydrogen-bond donors (Lipinski definition) is 4. The molecule has 0 aliphatic rings. The molecule has 0 saturated heterocycles. The van der Waals surface area contributed by atoms with Gasteiger partial charge < -0.3 is 25.8 Å². The number of carbonyl (C=O) groups excluding carboxylic acids is 3. The van der Waals surface area contributed by atoms with Crippen LogP contribution in [0, 0.1) is 0 Å². The molecule has 28 heavy (non-hydrogen) atoms. The third-order valence-corrected chi connectivity index (χ3v) is 3.39. The van der Waals surface area contributed by atoms with E-state index >= 15 is 0 Å². The Hall–Kier alpha value is -3.55. The molecule has 0 aliphatic carbocycles. The van der Waals surface area contributed by atoms with Gasteiger partial charge in [0, 0.05) is 0 Å². The minimum Gasteiger partial charge on any atom is -0.507 e. The first-order chi connectivity index (χ1) is 13.2. The zero-order valence-electron chi connectivity index (χ0n) is 15.9. The lowest BCUT2D eigenvalue weighted by molar-refractivity contribution is -0.115. The third kappa shape index (κ3) is 6.31. The first-order valence-electron chi connectivity index (χ1n) is 8.61. The molecule has 2 aromatic carbocycles. The van der Waals surface area contributed by atoms with Crippen molar-refractivity contribution in [3.05, 3.63) is 54.1 Å². The molecule has 8 heteroatoms. The van der Waals surface area contributed by atoms with Crippen molar-refractivity contribution in [3.8, 4) is 5.75 Å². The summed E-state index contributed by atoms with van der Waals surface area (Å²) in [6.45, 7) is 4.86. The van der Waals surface area contributed by atoms with Gasteiger partial charge in [-0.3, -0.25) is 9.59 Å². The van der Waals surface area contributed by atoms with Crippen molar-refractivity contribution in [2.75, 3.05) is 17.2 Å². The molecule has 0 unspecified atom stereocenters. The van der Waals surface area contributed by atoms with Gasteiger partial charge in [0.25, 0.3) is 5.91 Å². The van der Waals surface area contributed by atoms with Gasteiger partial charge in [-0.25, -0.2) is 4.79 Å². The van der Waals surface area contributed by atoms with E-state index in [1.807, 2.05) is 0 Å². The third-order valence-electron chi connectivity index (χ3n) is 3.39. The minimum absolute atomic E-state index is 0.107. The maximum absolute atomic E-state index is 12.4. The van der Waals surface area contributed by atoms with Crippen LogP contribution < -0.4 is 16.0 Å². The number of rotatable bonds is 5. The Morgan fingerprint density at radius 2 is 1.50 bits per heavy atom. The summed E-state index contributed by atoms with van der Waals surface area (Å²) in [6.07, 6.45) is -0.705. The molecular weight excluding hydrogens is 362 g/mol. The number of anilines is 2. The largest absolute Gasteiger partial charge is 0.507 e. The van der Waals surface area contributed by atoms with Gasteiger partial charge in [0.15, 0.2) is 0 Å². The van der Waals surface area contributed by atoms with Crippen LogP contribution in [0.2, 0.25) is 0 Å². The van der Waals surface area contributed by atoms with Crippen molar-refractivity contribution >= 4 is 29.3 Å². The number of ether oxygens (including phenoxy) is 1. The molecule has 0 aliphatic heterocycles. The van der Waals surface area contributed by atoms with Gasteiger partial charge in [0.1, 0.15) is 17.9 Å². The highest BCUT2D eigenvalue weighted by atomic mass is 16.6. The monoisotopic (exact) mass is 385 g/mol. The second kappa shape index (κ2) is 8.90. The smallest absolute Gasteiger partial charge is 0.408 e. The summed E-state index contributed by atoms with van der Waals surface area (Å²) in [4.78, 5) is 36.1. The fraction of sp³-hybridized carbons (Fsp3) is 0.250. The summed E-state index contributed by atoms with van der Waals surface area (Å²) in [7, 11) is 0. The highest BCUT2D eigenvalue weighted by Gasteiger charge is 2.17. The molecule has 8 nitrogen and oxygen atoms in total.